The summed E-state index contributed by atoms with van der Waals surface area (Å²) in [6.07, 6.45) is 4.08. The van der Waals surface area contributed by atoms with Gasteiger partial charge in [0.05, 0.1) is 18.2 Å². The van der Waals surface area contributed by atoms with Crippen LogP contribution in [0.3, 0.4) is 0 Å². The first-order chi connectivity index (χ1) is 17.0. The van der Waals surface area contributed by atoms with Crippen LogP contribution in [0.5, 0.6) is 11.5 Å². The molecule has 1 N–H and O–H groups in total. The van der Waals surface area contributed by atoms with Crippen molar-refractivity contribution in [2.75, 3.05) is 6.61 Å². The Labute approximate surface area is 203 Å². The van der Waals surface area contributed by atoms with E-state index in [4.69, 9.17) is 9.47 Å². The van der Waals surface area contributed by atoms with Crippen LogP contribution in [0, 0.1) is 0 Å². The van der Waals surface area contributed by atoms with E-state index < -0.39 is 17.7 Å². The molecule has 2 unspecified atom stereocenters. The molecule has 1 fully saturated rings. The van der Waals surface area contributed by atoms with E-state index >= 15 is 0 Å². The summed E-state index contributed by atoms with van der Waals surface area (Å²) >= 11 is 0. The molecule has 2 atom stereocenters. The van der Waals surface area contributed by atoms with Crippen molar-refractivity contribution in [1.29, 1.82) is 0 Å². The number of hydrogen-bond donors (Lipinski definition) is 1. The van der Waals surface area contributed by atoms with Crippen LogP contribution in [0.2, 0.25) is 0 Å². The number of nitrogens with zero attached hydrogens (tertiary/aromatic N) is 2. The summed E-state index contributed by atoms with van der Waals surface area (Å²) < 4.78 is 11.3. The Bertz CT molecular complexity index is 1300. The van der Waals surface area contributed by atoms with E-state index in [0.717, 1.165) is 16.9 Å². The van der Waals surface area contributed by atoms with Gasteiger partial charge in [-0.15, -0.1) is 0 Å². The summed E-state index contributed by atoms with van der Waals surface area (Å²) in [5, 5.41) is 11.4. The van der Waals surface area contributed by atoms with Crippen molar-refractivity contribution >= 4 is 17.4 Å². The summed E-state index contributed by atoms with van der Waals surface area (Å²) in [6, 6.07) is 15.5. The van der Waals surface area contributed by atoms with Crippen molar-refractivity contribution in [3.8, 4) is 11.5 Å². The zero-order valence-electron chi connectivity index (χ0n) is 19.6. The van der Waals surface area contributed by atoms with Crippen molar-refractivity contribution in [2.24, 2.45) is 0 Å². The molecule has 35 heavy (non-hydrogen) atoms. The third-order valence-corrected chi connectivity index (χ3v) is 6.29. The molecule has 3 aromatic rings. The smallest absolute Gasteiger partial charge is 0.295 e. The van der Waals surface area contributed by atoms with Crippen LogP contribution in [-0.4, -0.2) is 39.4 Å². The van der Waals surface area contributed by atoms with Crippen LogP contribution in [0.25, 0.3) is 5.76 Å². The van der Waals surface area contributed by atoms with Crippen LogP contribution in [-0.2, 0) is 22.6 Å². The Morgan fingerprint density at radius 1 is 1.17 bits per heavy atom. The van der Waals surface area contributed by atoms with Crippen molar-refractivity contribution in [1.82, 2.24) is 9.88 Å². The van der Waals surface area contributed by atoms with Crippen molar-refractivity contribution in [3.63, 3.8) is 0 Å². The molecule has 7 nitrogen and oxygen atoms in total. The average molecular weight is 471 g/mol. The van der Waals surface area contributed by atoms with Crippen LogP contribution in [0.1, 0.15) is 42.1 Å². The molecule has 7 heteroatoms. The fourth-order valence-electron chi connectivity index (χ4n) is 4.72. The van der Waals surface area contributed by atoms with Crippen molar-refractivity contribution in [2.45, 2.75) is 39.0 Å². The molecular formula is C28H26N2O5. The standard InChI is InChI=1S/C28H26N2O5/c1-3-34-22-9-6-19(7-10-22)25-24(26(31)20-8-11-23-21(14-20)13-17(2)35-23)27(32)28(33)30(25)16-18-5-4-12-29-15-18/h4-12,14-15,17,25,31H,3,13,16H2,1-2H3. The number of benzene rings is 2. The van der Waals surface area contributed by atoms with Crippen molar-refractivity contribution in [3.05, 3.63) is 94.8 Å². The summed E-state index contributed by atoms with van der Waals surface area (Å²) in [5.41, 5.74) is 3.00. The molecule has 0 aliphatic carbocycles. The fourth-order valence-corrected chi connectivity index (χ4v) is 4.72. The maximum Gasteiger partial charge on any atom is 0.295 e. The Kier molecular flexibility index (Phi) is 5.99. The molecule has 2 aliphatic heterocycles. The van der Waals surface area contributed by atoms with Gasteiger partial charge in [0.25, 0.3) is 11.7 Å². The Hall–Kier alpha value is -4.13. The van der Waals surface area contributed by atoms with Gasteiger partial charge in [0.1, 0.15) is 23.4 Å². The van der Waals surface area contributed by atoms with Gasteiger partial charge >= 0.3 is 0 Å². The van der Waals surface area contributed by atoms with E-state index in [0.29, 0.717) is 29.9 Å². The number of Topliss-reactive ketones (excluding diaryl/α,β-unsaturated/α-hetero) is 1. The van der Waals surface area contributed by atoms with Gasteiger partial charge in [-0.25, -0.2) is 0 Å². The van der Waals surface area contributed by atoms with Gasteiger partial charge in [-0.3, -0.25) is 14.6 Å². The summed E-state index contributed by atoms with van der Waals surface area (Å²) in [7, 11) is 0. The number of aromatic nitrogens is 1. The Morgan fingerprint density at radius 3 is 2.69 bits per heavy atom. The maximum atomic E-state index is 13.3. The lowest BCUT2D eigenvalue weighted by molar-refractivity contribution is -0.140. The Morgan fingerprint density at radius 2 is 1.97 bits per heavy atom. The summed E-state index contributed by atoms with van der Waals surface area (Å²) in [4.78, 5) is 32.1. The highest BCUT2D eigenvalue weighted by molar-refractivity contribution is 6.46. The zero-order valence-corrected chi connectivity index (χ0v) is 19.6. The van der Waals surface area contributed by atoms with Crippen molar-refractivity contribution < 1.29 is 24.2 Å². The highest BCUT2D eigenvalue weighted by Crippen LogP contribution is 2.41. The largest absolute Gasteiger partial charge is 0.507 e. The molecule has 1 saturated heterocycles. The van der Waals surface area contributed by atoms with Crippen LogP contribution < -0.4 is 9.47 Å². The fraction of sp³-hybridized carbons (Fsp3) is 0.250. The maximum absolute atomic E-state index is 13.3. The minimum Gasteiger partial charge on any atom is -0.507 e. The van der Waals surface area contributed by atoms with Gasteiger partial charge in [-0.1, -0.05) is 18.2 Å². The molecule has 0 spiro atoms. The van der Waals surface area contributed by atoms with Gasteiger partial charge in [-0.05, 0) is 66.9 Å². The van der Waals surface area contributed by atoms with Gasteiger partial charge in [0, 0.05) is 30.9 Å². The summed E-state index contributed by atoms with van der Waals surface area (Å²) in [5.74, 6) is -0.108. The number of likely N-dealkylation sites (tertiary alicyclic amines) is 1. The quantitative estimate of drug-likeness (QED) is 0.326. The second-order valence-electron chi connectivity index (χ2n) is 8.75. The van der Waals surface area contributed by atoms with E-state index in [2.05, 4.69) is 4.98 Å². The minimum atomic E-state index is -0.755. The number of ether oxygens (including phenoxy) is 2. The molecule has 1 aromatic heterocycles. The number of amides is 1. The highest BCUT2D eigenvalue weighted by Gasteiger charge is 2.46. The van der Waals surface area contributed by atoms with E-state index in [1.165, 1.54) is 4.90 Å². The zero-order chi connectivity index (χ0) is 24.5. The lowest BCUT2D eigenvalue weighted by Crippen LogP contribution is -2.29. The molecule has 0 saturated carbocycles. The number of carbonyl (C=O) groups excluding carboxylic acids is 2. The second kappa shape index (κ2) is 9.25. The average Bonchev–Trinajstić information content (AvgIpc) is 3.36. The van der Waals surface area contributed by atoms with E-state index in [-0.39, 0.29) is 24.0 Å². The second-order valence-corrected chi connectivity index (χ2v) is 8.75. The number of pyridine rings is 1. The first-order valence-corrected chi connectivity index (χ1v) is 11.7. The topological polar surface area (TPSA) is 89.0 Å². The molecule has 2 aromatic carbocycles. The van der Waals surface area contributed by atoms with Gasteiger partial charge < -0.3 is 19.5 Å². The summed E-state index contributed by atoms with van der Waals surface area (Å²) in [6.45, 7) is 4.59. The number of fused-ring (bicyclic) bond motifs is 1. The normalized spacial score (nSPS) is 20.6. The number of rotatable bonds is 6. The van der Waals surface area contributed by atoms with Crippen LogP contribution in [0.15, 0.2) is 72.6 Å². The predicted octanol–water partition coefficient (Wildman–Crippen LogP) is 4.43. The first kappa shape index (κ1) is 22.7. The van der Waals surface area contributed by atoms with E-state index in [1.807, 2.05) is 38.1 Å². The monoisotopic (exact) mass is 470 g/mol. The minimum absolute atomic E-state index is 0.0521. The van der Waals surface area contributed by atoms with E-state index in [1.54, 1.807) is 42.7 Å². The molecular weight excluding hydrogens is 444 g/mol. The van der Waals surface area contributed by atoms with E-state index in [9.17, 15) is 14.7 Å². The number of ketones is 1. The van der Waals surface area contributed by atoms with Gasteiger partial charge in [-0.2, -0.15) is 0 Å². The molecule has 2 aliphatic rings. The number of carbonyl (C=O) groups is 2. The Balaban J connectivity index is 1.60. The number of hydrogen-bond acceptors (Lipinski definition) is 6. The molecule has 5 rings (SSSR count). The SMILES string of the molecule is CCOc1ccc(C2C(=C(O)c3ccc4c(c3)CC(C)O4)C(=O)C(=O)N2Cc2cccnc2)cc1. The third kappa shape index (κ3) is 4.25. The predicted molar refractivity (Wildman–Crippen MR) is 130 cm³/mol. The number of aliphatic hydroxyl groups excluding tert-OH is 1. The van der Waals surface area contributed by atoms with Crippen LogP contribution >= 0.6 is 0 Å². The lowest BCUT2D eigenvalue weighted by Gasteiger charge is -2.25. The first-order valence-electron chi connectivity index (χ1n) is 11.7. The van der Waals surface area contributed by atoms with Crippen LogP contribution in [0.4, 0.5) is 0 Å². The molecule has 3 heterocycles. The number of aliphatic hydroxyl groups is 1. The van der Waals surface area contributed by atoms with Gasteiger partial charge in [0.15, 0.2) is 0 Å². The highest BCUT2D eigenvalue weighted by atomic mass is 16.5. The van der Waals surface area contributed by atoms with Gasteiger partial charge in [0.2, 0.25) is 0 Å². The molecule has 178 valence electrons. The molecule has 1 amide bonds. The molecule has 0 bridgehead atoms. The molecule has 0 radical (unpaired) electrons. The third-order valence-electron chi connectivity index (χ3n) is 6.29. The lowest BCUT2D eigenvalue weighted by atomic mass is 9.94.